The number of hydrogen-bond acceptors (Lipinski definition) is 6. The zero-order valence-electron chi connectivity index (χ0n) is 16.3. The van der Waals surface area contributed by atoms with Gasteiger partial charge in [0.05, 0.1) is 22.6 Å². The van der Waals surface area contributed by atoms with Crippen LogP contribution in [0.1, 0.15) is 31.5 Å². The molecule has 4 rings (SSSR count). The fourth-order valence-corrected chi connectivity index (χ4v) is 4.50. The molecule has 2 amide bonds. The average molecular weight is 528 g/mol. The third-order valence-corrected chi connectivity index (χ3v) is 6.46. The fraction of sp³-hybridized carbons (Fsp3) is 0.167. The van der Waals surface area contributed by atoms with Crippen LogP contribution in [-0.4, -0.2) is 36.8 Å². The van der Waals surface area contributed by atoms with Crippen molar-refractivity contribution < 1.29 is 22.8 Å². The second kappa shape index (κ2) is 7.70. The number of anilines is 1. The maximum absolute atomic E-state index is 13.6. The van der Waals surface area contributed by atoms with E-state index in [-0.39, 0.29) is 32.0 Å². The molecule has 14 heteroatoms. The Morgan fingerprint density at radius 3 is 2.53 bits per heavy atom. The van der Waals surface area contributed by atoms with Crippen LogP contribution in [0.2, 0.25) is 0 Å². The predicted octanol–water partition coefficient (Wildman–Crippen LogP) is 3.86. The van der Waals surface area contributed by atoms with Gasteiger partial charge in [-0.3, -0.25) is 19.4 Å². The number of halogens is 4. The number of thiophene rings is 1. The SMILES string of the molecule is Cc1c(-c2cc(C(F)(F)F)nc3sc(C(N)=O)c(NC(=O)c4[nH]ncc4Br)c23)cnn1C. The molecule has 166 valence electrons. The molecule has 9 nitrogen and oxygen atoms in total. The fourth-order valence-electron chi connectivity index (χ4n) is 3.12. The van der Waals surface area contributed by atoms with Crippen LogP contribution in [0.3, 0.4) is 0 Å². The van der Waals surface area contributed by atoms with Crippen LogP contribution in [0.4, 0.5) is 18.9 Å². The molecule has 0 aliphatic rings. The number of carbonyl (C=O) groups excluding carboxylic acids is 2. The number of aromatic amines is 1. The van der Waals surface area contributed by atoms with E-state index in [1.807, 2.05) is 0 Å². The van der Waals surface area contributed by atoms with Gasteiger partial charge in [-0.25, -0.2) is 4.98 Å². The van der Waals surface area contributed by atoms with Crippen LogP contribution in [0.25, 0.3) is 21.3 Å². The third-order valence-electron chi connectivity index (χ3n) is 4.76. The second-order valence-electron chi connectivity index (χ2n) is 6.72. The molecule has 0 aliphatic carbocycles. The minimum atomic E-state index is -4.74. The third kappa shape index (κ3) is 3.64. The van der Waals surface area contributed by atoms with Crippen molar-refractivity contribution in [2.45, 2.75) is 13.1 Å². The van der Waals surface area contributed by atoms with Crippen molar-refractivity contribution in [3.63, 3.8) is 0 Å². The molecule has 0 saturated carbocycles. The minimum Gasteiger partial charge on any atom is -0.365 e. The number of aromatic nitrogens is 5. The highest BCUT2D eigenvalue weighted by Crippen LogP contribution is 2.44. The van der Waals surface area contributed by atoms with E-state index in [1.165, 1.54) is 17.1 Å². The number of nitrogens with zero attached hydrogens (tertiary/aromatic N) is 4. The van der Waals surface area contributed by atoms with Gasteiger partial charge in [-0.1, -0.05) is 0 Å². The van der Waals surface area contributed by atoms with E-state index >= 15 is 0 Å². The van der Waals surface area contributed by atoms with Crippen molar-refractivity contribution in [3.05, 3.63) is 44.9 Å². The first kappa shape index (κ1) is 22.0. The maximum Gasteiger partial charge on any atom is 0.433 e. The number of primary amides is 1. The first-order chi connectivity index (χ1) is 15.0. The van der Waals surface area contributed by atoms with Crippen LogP contribution in [0, 0.1) is 6.92 Å². The van der Waals surface area contributed by atoms with Gasteiger partial charge in [-0.15, -0.1) is 11.3 Å². The predicted molar refractivity (Wildman–Crippen MR) is 114 cm³/mol. The Morgan fingerprint density at radius 1 is 1.28 bits per heavy atom. The van der Waals surface area contributed by atoms with E-state index in [2.05, 4.69) is 41.5 Å². The van der Waals surface area contributed by atoms with E-state index in [0.717, 1.165) is 6.07 Å². The second-order valence-corrected chi connectivity index (χ2v) is 8.57. The summed E-state index contributed by atoms with van der Waals surface area (Å²) in [6.07, 6.45) is -1.97. The lowest BCUT2D eigenvalue weighted by atomic mass is 10.0. The molecule has 0 radical (unpaired) electrons. The molecule has 0 atom stereocenters. The zero-order valence-corrected chi connectivity index (χ0v) is 18.7. The van der Waals surface area contributed by atoms with Gasteiger partial charge in [0.1, 0.15) is 21.1 Å². The highest BCUT2D eigenvalue weighted by molar-refractivity contribution is 9.10. The van der Waals surface area contributed by atoms with Crippen LogP contribution in [0.15, 0.2) is 22.9 Å². The number of nitrogens with two attached hydrogens (primary N) is 1. The molecular weight excluding hydrogens is 515 g/mol. The van der Waals surface area contributed by atoms with E-state index in [4.69, 9.17) is 5.73 Å². The Labute approximate surface area is 189 Å². The molecule has 4 N–H and O–H groups in total. The Hall–Kier alpha value is -3.26. The number of fused-ring (bicyclic) bond motifs is 1. The number of aryl methyl sites for hydroxylation is 1. The molecular formula is C18H13BrF3N7O2S. The molecule has 0 fully saturated rings. The smallest absolute Gasteiger partial charge is 0.365 e. The maximum atomic E-state index is 13.6. The lowest BCUT2D eigenvalue weighted by Gasteiger charge is -2.12. The number of pyridine rings is 1. The van der Waals surface area contributed by atoms with Crippen LogP contribution >= 0.6 is 27.3 Å². The van der Waals surface area contributed by atoms with Crippen molar-refractivity contribution >= 4 is 55.0 Å². The monoisotopic (exact) mass is 527 g/mol. The Kier molecular flexibility index (Phi) is 5.29. The van der Waals surface area contributed by atoms with Gasteiger partial charge in [0.25, 0.3) is 11.8 Å². The summed E-state index contributed by atoms with van der Waals surface area (Å²) in [7, 11) is 1.64. The number of hydrogen-bond donors (Lipinski definition) is 3. The lowest BCUT2D eigenvalue weighted by molar-refractivity contribution is -0.140. The van der Waals surface area contributed by atoms with Crippen molar-refractivity contribution in [1.82, 2.24) is 25.0 Å². The molecule has 0 spiro atoms. The number of alkyl halides is 3. The van der Waals surface area contributed by atoms with E-state index in [1.54, 1.807) is 14.0 Å². The van der Waals surface area contributed by atoms with Gasteiger partial charge in [-0.2, -0.15) is 23.4 Å². The van der Waals surface area contributed by atoms with Crippen LogP contribution in [0.5, 0.6) is 0 Å². The van der Waals surface area contributed by atoms with Crippen LogP contribution in [-0.2, 0) is 13.2 Å². The van der Waals surface area contributed by atoms with Crippen molar-refractivity contribution in [2.75, 3.05) is 5.32 Å². The number of amides is 2. The van der Waals surface area contributed by atoms with E-state index in [9.17, 15) is 22.8 Å². The highest BCUT2D eigenvalue weighted by atomic mass is 79.9. The summed E-state index contributed by atoms with van der Waals surface area (Å²) in [5, 5.41) is 13.1. The molecule has 0 aromatic carbocycles. The molecule has 32 heavy (non-hydrogen) atoms. The molecule has 0 bridgehead atoms. The Bertz CT molecular complexity index is 1390. The highest BCUT2D eigenvalue weighted by Gasteiger charge is 2.35. The molecule has 4 heterocycles. The van der Waals surface area contributed by atoms with Gasteiger partial charge < -0.3 is 11.1 Å². The van der Waals surface area contributed by atoms with E-state index < -0.39 is 23.7 Å². The van der Waals surface area contributed by atoms with Crippen molar-refractivity contribution in [1.29, 1.82) is 0 Å². The minimum absolute atomic E-state index is 0.0384. The number of carbonyl (C=O) groups is 2. The number of rotatable bonds is 4. The molecule has 0 unspecified atom stereocenters. The molecule has 4 aromatic rings. The topological polar surface area (TPSA) is 132 Å². The van der Waals surface area contributed by atoms with Gasteiger partial charge in [-0.05, 0) is 34.5 Å². The molecule has 0 aliphatic heterocycles. The summed E-state index contributed by atoms with van der Waals surface area (Å²) in [4.78, 5) is 28.3. The quantitative estimate of drug-likeness (QED) is 0.370. The van der Waals surface area contributed by atoms with E-state index in [0.29, 0.717) is 27.1 Å². The summed E-state index contributed by atoms with van der Waals surface area (Å²) in [5.74, 6) is -1.60. The average Bonchev–Trinajstić information content (AvgIpc) is 3.39. The largest absolute Gasteiger partial charge is 0.433 e. The van der Waals surface area contributed by atoms with Gasteiger partial charge >= 0.3 is 6.18 Å². The lowest BCUT2D eigenvalue weighted by Crippen LogP contribution is -2.17. The normalized spacial score (nSPS) is 11.8. The number of nitrogens with one attached hydrogen (secondary N) is 2. The van der Waals surface area contributed by atoms with Crippen molar-refractivity contribution in [3.8, 4) is 11.1 Å². The zero-order chi connectivity index (χ0) is 23.4. The van der Waals surface area contributed by atoms with Gasteiger partial charge in [0.2, 0.25) is 0 Å². The summed E-state index contributed by atoms with van der Waals surface area (Å²) >= 11 is 3.83. The Balaban J connectivity index is 2.03. The summed E-state index contributed by atoms with van der Waals surface area (Å²) in [6, 6.07) is 0.867. The number of H-pyrrole nitrogens is 1. The van der Waals surface area contributed by atoms with Crippen LogP contribution < -0.4 is 11.1 Å². The first-order valence-electron chi connectivity index (χ1n) is 8.82. The summed E-state index contributed by atoms with van der Waals surface area (Å²) in [5.41, 5.74) is 5.41. The van der Waals surface area contributed by atoms with Crippen molar-refractivity contribution in [2.24, 2.45) is 12.8 Å². The first-order valence-corrected chi connectivity index (χ1v) is 10.4. The summed E-state index contributed by atoms with van der Waals surface area (Å²) in [6.45, 7) is 1.68. The van der Waals surface area contributed by atoms with Gasteiger partial charge in [0, 0.05) is 23.7 Å². The molecule has 0 saturated heterocycles. The standard InChI is InChI=1S/C18H13BrF3N7O2S/c1-6-8(4-25-29(6)2)7-3-10(18(20,21)22)26-17-11(7)13(14(32-17)15(23)30)27-16(31)12-9(19)5-24-28-12/h3-5H,1-2H3,(H2,23,30)(H,24,28)(H,27,31). The Morgan fingerprint density at radius 2 is 2.00 bits per heavy atom. The summed E-state index contributed by atoms with van der Waals surface area (Å²) < 4.78 is 42.6. The van der Waals surface area contributed by atoms with Gasteiger partial charge in [0.15, 0.2) is 0 Å². The molecule has 4 aromatic heterocycles.